The molecule has 1 aliphatic carbocycles. The number of hydrogen-bond acceptors (Lipinski definition) is 2. The molecule has 104 valence electrons. The third-order valence-corrected chi connectivity index (χ3v) is 4.02. The molecule has 1 N–H and O–H groups in total. The Morgan fingerprint density at radius 2 is 2.16 bits per heavy atom. The number of fused-ring (bicyclic) bond motifs is 1. The molecule has 0 radical (unpaired) electrons. The lowest BCUT2D eigenvalue weighted by Crippen LogP contribution is -2.26. The van der Waals surface area contributed by atoms with Gasteiger partial charge in [-0.05, 0) is 50.4 Å². The van der Waals surface area contributed by atoms with E-state index in [0.717, 1.165) is 13.0 Å². The molecule has 1 aliphatic rings. The first kappa shape index (κ1) is 14.1. The largest absolute Gasteiger partial charge is 0.481 e. The number of carbonyl (C=O) groups is 1. The topological polar surface area (TPSA) is 40.5 Å². The molecular weight excluding hydrogens is 238 g/mol. The quantitative estimate of drug-likeness (QED) is 0.827. The Labute approximate surface area is 115 Å². The summed E-state index contributed by atoms with van der Waals surface area (Å²) in [5.41, 5.74) is 2.91. The molecule has 0 saturated heterocycles. The number of carboxylic acid groups (broad SMARTS) is 1. The van der Waals surface area contributed by atoms with Gasteiger partial charge in [0.2, 0.25) is 0 Å². The predicted octanol–water partition coefficient (Wildman–Crippen LogP) is 3.25. The van der Waals surface area contributed by atoms with Crippen LogP contribution in [0.2, 0.25) is 0 Å². The summed E-state index contributed by atoms with van der Waals surface area (Å²) in [5, 5.41) is 8.72. The van der Waals surface area contributed by atoms with Gasteiger partial charge in [0.25, 0.3) is 0 Å². The van der Waals surface area contributed by atoms with Gasteiger partial charge in [0, 0.05) is 12.5 Å². The molecule has 1 aromatic carbocycles. The fourth-order valence-electron chi connectivity index (χ4n) is 2.99. The van der Waals surface area contributed by atoms with Crippen molar-refractivity contribution in [1.82, 2.24) is 4.90 Å². The van der Waals surface area contributed by atoms with Crippen LogP contribution in [0.25, 0.3) is 0 Å². The Morgan fingerprint density at radius 3 is 2.95 bits per heavy atom. The lowest BCUT2D eigenvalue weighted by Gasteiger charge is -2.28. The van der Waals surface area contributed by atoms with E-state index in [1.807, 2.05) is 0 Å². The number of rotatable bonds is 5. The van der Waals surface area contributed by atoms with Gasteiger partial charge in [-0.3, -0.25) is 9.69 Å². The molecule has 0 saturated carbocycles. The SMILES string of the molecule is CN(CCCC(=O)O)C1CCCCc2ccccc21. The molecule has 1 aromatic rings. The van der Waals surface area contributed by atoms with Crippen molar-refractivity contribution in [3.63, 3.8) is 0 Å². The lowest BCUT2D eigenvalue weighted by molar-refractivity contribution is -0.137. The molecule has 3 heteroatoms. The maximum absolute atomic E-state index is 10.6. The summed E-state index contributed by atoms with van der Waals surface area (Å²) in [6, 6.07) is 9.15. The van der Waals surface area contributed by atoms with Crippen LogP contribution in [-0.2, 0) is 11.2 Å². The Bertz CT molecular complexity index is 431. The monoisotopic (exact) mass is 261 g/mol. The second-order valence-electron chi connectivity index (χ2n) is 5.44. The fraction of sp³-hybridized carbons (Fsp3) is 0.562. The van der Waals surface area contributed by atoms with Gasteiger partial charge < -0.3 is 5.11 Å². The van der Waals surface area contributed by atoms with E-state index in [2.05, 4.69) is 36.2 Å². The van der Waals surface area contributed by atoms with E-state index in [9.17, 15) is 4.79 Å². The normalized spacial score (nSPS) is 18.9. The van der Waals surface area contributed by atoms with E-state index in [4.69, 9.17) is 5.11 Å². The molecule has 0 bridgehead atoms. The average Bonchev–Trinajstić information content (AvgIpc) is 2.60. The van der Waals surface area contributed by atoms with Crippen molar-refractivity contribution in [1.29, 1.82) is 0 Å². The lowest BCUT2D eigenvalue weighted by atomic mass is 9.98. The smallest absolute Gasteiger partial charge is 0.303 e. The maximum Gasteiger partial charge on any atom is 0.303 e. The van der Waals surface area contributed by atoms with E-state index < -0.39 is 5.97 Å². The molecule has 0 fully saturated rings. The minimum Gasteiger partial charge on any atom is -0.481 e. The molecule has 0 heterocycles. The standard InChI is InChI=1S/C16H23NO2/c1-17(12-6-11-16(18)19)15-10-5-3-8-13-7-2-4-9-14(13)15/h2,4,7,9,15H,3,5-6,8,10-12H2,1H3,(H,18,19). The van der Waals surface area contributed by atoms with Crippen molar-refractivity contribution < 1.29 is 9.90 Å². The first-order valence-electron chi connectivity index (χ1n) is 7.18. The van der Waals surface area contributed by atoms with Crippen LogP contribution in [0.4, 0.5) is 0 Å². The van der Waals surface area contributed by atoms with Crippen molar-refractivity contribution >= 4 is 5.97 Å². The molecule has 3 nitrogen and oxygen atoms in total. The summed E-state index contributed by atoms with van der Waals surface area (Å²) in [6.07, 6.45) is 5.86. The van der Waals surface area contributed by atoms with Crippen molar-refractivity contribution in [2.24, 2.45) is 0 Å². The molecule has 0 amide bonds. The molecule has 0 aromatic heterocycles. The van der Waals surface area contributed by atoms with Gasteiger partial charge in [0.15, 0.2) is 0 Å². The summed E-state index contributed by atoms with van der Waals surface area (Å²) in [7, 11) is 2.12. The zero-order valence-electron chi connectivity index (χ0n) is 11.6. The first-order chi connectivity index (χ1) is 9.18. The van der Waals surface area contributed by atoms with E-state index in [-0.39, 0.29) is 6.42 Å². The van der Waals surface area contributed by atoms with Crippen molar-refractivity contribution in [2.75, 3.05) is 13.6 Å². The van der Waals surface area contributed by atoms with Crippen LogP contribution in [0.5, 0.6) is 0 Å². The van der Waals surface area contributed by atoms with Gasteiger partial charge in [-0.25, -0.2) is 0 Å². The van der Waals surface area contributed by atoms with Gasteiger partial charge in [-0.15, -0.1) is 0 Å². The summed E-state index contributed by atoms with van der Waals surface area (Å²) in [6.45, 7) is 0.852. The van der Waals surface area contributed by atoms with E-state index in [1.54, 1.807) is 0 Å². The van der Waals surface area contributed by atoms with Crippen LogP contribution in [0.3, 0.4) is 0 Å². The second kappa shape index (κ2) is 6.71. The highest BCUT2D eigenvalue weighted by Gasteiger charge is 2.21. The Kier molecular flexibility index (Phi) is 4.97. The Hall–Kier alpha value is -1.35. The van der Waals surface area contributed by atoms with E-state index in [0.29, 0.717) is 6.04 Å². The number of nitrogens with zero attached hydrogens (tertiary/aromatic N) is 1. The van der Waals surface area contributed by atoms with Gasteiger partial charge in [-0.2, -0.15) is 0 Å². The molecule has 0 spiro atoms. The zero-order valence-corrected chi connectivity index (χ0v) is 11.6. The van der Waals surface area contributed by atoms with Crippen LogP contribution in [0.15, 0.2) is 24.3 Å². The summed E-state index contributed by atoms with van der Waals surface area (Å²) in [5.74, 6) is -0.699. The number of hydrogen-bond donors (Lipinski definition) is 1. The van der Waals surface area contributed by atoms with Gasteiger partial charge in [0.1, 0.15) is 0 Å². The van der Waals surface area contributed by atoms with Crippen LogP contribution in [0.1, 0.15) is 49.3 Å². The number of benzene rings is 1. The predicted molar refractivity (Wildman–Crippen MR) is 76.2 cm³/mol. The second-order valence-corrected chi connectivity index (χ2v) is 5.44. The highest BCUT2D eigenvalue weighted by Crippen LogP contribution is 2.32. The van der Waals surface area contributed by atoms with Crippen LogP contribution < -0.4 is 0 Å². The van der Waals surface area contributed by atoms with E-state index >= 15 is 0 Å². The summed E-state index contributed by atoms with van der Waals surface area (Å²) >= 11 is 0. The van der Waals surface area contributed by atoms with E-state index in [1.165, 1.54) is 36.8 Å². The number of aryl methyl sites for hydroxylation is 1. The number of aliphatic carboxylic acids is 1. The van der Waals surface area contributed by atoms with Crippen LogP contribution >= 0.6 is 0 Å². The molecular formula is C16H23NO2. The summed E-state index contributed by atoms with van der Waals surface area (Å²) < 4.78 is 0. The van der Waals surface area contributed by atoms with Crippen LogP contribution in [0, 0.1) is 0 Å². The Balaban J connectivity index is 2.04. The third-order valence-electron chi connectivity index (χ3n) is 4.02. The Morgan fingerprint density at radius 1 is 1.37 bits per heavy atom. The van der Waals surface area contributed by atoms with Gasteiger partial charge >= 0.3 is 5.97 Å². The molecule has 1 atom stereocenters. The van der Waals surface area contributed by atoms with Crippen molar-refractivity contribution in [3.8, 4) is 0 Å². The minimum absolute atomic E-state index is 0.263. The third kappa shape index (κ3) is 3.80. The summed E-state index contributed by atoms with van der Waals surface area (Å²) in [4.78, 5) is 12.9. The number of carboxylic acids is 1. The maximum atomic E-state index is 10.6. The average molecular weight is 261 g/mol. The van der Waals surface area contributed by atoms with Gasteiger partial charge in [-0.1, -0.05) is 30.7 Å². The highest BCUT2D eigenvalue weighted by atomic mass is 16.4. The van der Waals surface area contributed by atoms with Crippen molar-refractivity contribution in [2.45, 2.75) is 44.6 Å². The molecule has 2 rings (SSSR count). The first-order valence-corrected chi connectivity index (χ1v) is 7.18. The van der Waals surface area contributed by atoms with Crippen molar-refractivity contribution in [3.05, 3.63) is 35.4 Å². The fourth-order valence-corrected chi connectivity index (χ4v) is 2.99. The molecule has 19 heavy (non-hydrogen) atoms. The zero-order chi connectivity index (χ0) is 13.7. The van der Waals surface area contributed by atoms with Crippen LogP contribution in [-0.4, -0.2) is 29.6 Å². The highest BCUT2D eigenvalue weighted by molar-refractivity contribution is 5.66. The van der Waals surface area contributed by atoms with Gasteiger partial charge in [0.05, 0.1) is 0 Å². The molecule has 0 aliphatic heterocycles. The molecule has 1 unspecified atom stereocenters. The minimum atomic E-state index is -0.699.